The first-order valence-corrected chi connectivity index (χ1v) is 5.37. The molecule has 0 amide bonds. The second-order valence-corrected chi connectivity index (χ2v) is 3.71. The van der Waals surface area contributed by atoms with Crippen molar-refractivity contribution in [3.8, 4) is 0 Å². The van der Waals surface area contributed by atoms with Gasteiger partial charge in [0.05, 0.1) is 10.6 Å². The zero-order chi connectivity index (χ0) is 12.0. The van der Waals surface area contributed by atoms with Crippen LogP contribution >= 0.6 is 11.6 Å². The minimum Gasteiger partial charge on any atom is -0.478 e. The maximum atomic E-state index is 11.0. The van der Waals surface area contributed by atoms with E-state index in [9.17, 15) is 4.79 Å². The van der Waals surface area contributed by atoms with E-state index in [1.165, 1.54) is 0 Å². The first-order valence-electron chi connectivity index (χ1n) is 4.99. The zero-order valence-electron chi connectivity index (χ0n) is 9.03. The summed E-state index contributed by atoms with van der Waals surface area (Å²) in [5, 5.41) is 12.3. The molecule has 0 saturated carbocycles. The average molecular weight is 240 g/mol. The minimum atomic E-state index is -1.00. The Hall–Kier alpha value is -1.32. The Morgan fingerprint density at radius 3 is 2.94 bits per heavy atom. The van der Waals surface area contributed by atoms with Crippen LogP contribution in [0.5, 0.6) is 0 Å². The van der Waals surface area contributed by atoms with Gasteiger partial charge >= 0.3 is 5.97 Å². The summed E-state index contributed by atoms with van der Waals surface area (Å²) in [4.78, 5) is 11.0. The number of hydrogen-bond donors (Lipinski definition) is 2. The highest BCUT2D eigenvalue weighted by Gasteiger charge is 2.11. The first-order chi connectivity index (χ1) is 7.66. The summed E-state index contributed by atoms with van der Waals surface area (Å²) in [6.07, 6.45) is 4.56. The van der Waals surface area contributed by atoms with Crippen LogP contribution in [-0.2, 0) is 0 Å². The predicted octanol–water partition coefficient (Wildman–Crippen LogP) is 2.66. The van der Waals surface area contributed by atoms with Gasteiger partial charge in [-0.15, -0.1) is 0 Å². The van der Waals surface area contributed by atoms with E-state index in [2.05, 4.69) is 5.32 Å². The molecule has 4 heteroatoms. The summed E-state index contributed by atoms with van der Waals surface area (Å²) in [6.45, 7) is 0.861. The van der Waals surface area contributed by atoms with Crippen molar-refractivity contribution >= 4 is 23.6 Å². The largest absolute Gasteiger partial charge is 0.478 e. The maximum Gasteiger partial charge on any atom is 0.337 e. The number of nitrogens with one attached hydrogen (secondary N) is 1. The maximum absolute atomic E-state index is 11.0. The number of carboxylic acid groups (broad SMARTS) is 1. The number of carboxylic acids is 1. The van der Waals surface area contributed by atoms with Gasteiger partial charge in [0.15, 0.2) is 0 Å². The van der Waals surface area contributed by atoms with Crippen molar-refractivity contribution in [3.05, 3.63) is 40.4 Å². The second-order valence-electron chi connectivity index (χ2n) is 3.30. The van der Waals surface area contributed by atoms with Crippen LogP contribution in [0.25, 0.3) is 6.08 Å². The van der Waals surface area contributed by atoms with E-state index in [-0.39, 0.29) is 10.6 Å². The number of halogens is 1. The SMILES string of the molecule is CNCCC=Cc1cccc(Cl)c1C(=O)O. The molecule has 0 atom stereocenters. The molecule has 16 heavy (non-hydrogen) atoms. The van der Waals surface area contributed by atoms with Gasteiger partial charge in [0, 0.05) is 0 Å². The lowest BCUT2D eigenvalue weighted by Gasteiger charge is -2.03. The first kappa shape index (κ1) is 12.7. The van der Waals surface area contributed by atoms with Crippen molar-refractivity contribution in [2.24, 2.45) is 0 Å². The van der Waals surface area contributed by atoms with Crippen LogP contribution in [0.15, 0.2) is 24.3 Å². The molecular formula is C12H14ClNO2. The van der Waals surface area contributed by atoms with E-state index in [0.717, 1.165) is 13.0 Å². The molecular weight excluding hydrogens is 226 g/mol. The summed E-state index contributed by atoms with van der Waals surface area (Å²) in [6, 6.07) is 5.06. The average Bonchev–Trinajstić information content (AvgIpc) is 2.24. The van der Waals surface area contributed by atoms with Gasteiger partial charge in [-0.05, 0) is 31.6 Å². The summed E-state index contributed by atoms with van der Waals surface area (Å²) < 4.78 is 0. The van der Waals surface area contributed by atoms with E-state index >= 15 is 0 Å². The van der Waals surface area contributed by atoms with E-state index in [1.807, 2.05) is 13.1 Å². The standard InChI is InChI=1S/C12H14ClNO2/c1-14-8-3-2-5-9-6-4-7-10(13)11(9)12(15)16/h2,4-7,14H,3,8H2,1H3,(H,15,16). The van der Waals surface area contributed by atoms with Crippen molar-refractivity contribution in [3.63, 3.8) is 0 Å². The molecule has 0 aliphatic rings. The van der Waals surface area contributed by atoms with Gasteiger partial charge in [0.2, 0.25) is 0 Å². The van der Waals surface area contributed by atoms with Gasteiger partial charge in [0.25, 0.3) is 0 Å². The van der Waals surface area contributed by atoms with Gasteiger partial charge < -0.3 is 10.4 Å². The van der Waals surface area contributed by atoms with Gasteiger partial charge in [-0.2, -0.15) is 0 Å². The van der Waals surface area contributed by atoms with E-state index in [1.54, 1.807) is 24.3 Å². The smallest absolute Gasteiger partial charge is 0.337 e. The lowest BCUT2D eigenvalue weighted by atomic mass is 10.1. The summed E-state index contributed by atoms with van der Waals surface area (Å²) in [5.41, 5.74) is 0.793. The lowest BCUT2D eigenvalue weighted by Crippen LogP contribution is -2.05. The Kier molecular flexibility index (Phi) is 5.02. The molecule has 1 aromatic rings. The van der Waals surface area contributed by atoms with Crippen molar-refractivity contribution in [2.75, 3.05) is 13.6 Å². The molecule has 0 radical (unpaired) electrons. The monoisotopic (exact) mass is 239 g/mol. The molecule has 0 spiro atoms. The molecule has 0 fully saturated rings. The molecule has 0 aliphatic carbocycles. The summed E-state index contributed by atoms with van der Waals surface area (Å²) in [5.74, 6) is -1.00. The van der Waals surface area contributed by atoms with Crippen LogP contribution in [0.4, 0.5) is 0 Å². The predicted molar refractivity (Wildman–Crippen MR) is 66.0 cm³/mol. The van der Waals surface area contributed by atoms with Crippen LogP contribution in [0, 0.1) is 0 Å². The lowest BCUT2D eigenvalue weighted by molar-refractivity contribution is 0.0697. The molecule has 0 heterocycles. The highest BCUT2D eigenvalue weighted by Crippen LogP contribution is 2.21. The minimum absolute atomic E-state index is 0.157. The third-order valence-electron chi connectivity index (χ3n) is 2.12. The van der Waals surface area contributed by atoms with Crippen LogP contribution < -0.4 is 5.32 Å². The van der Waals surface area contributed by atoms with Crippen LogP contribution in [0.1, 0.15) is 22.3 Å². The van der Waals surface area contributed by atoms with Crippen molar-refractivity contribution < 1.29 is 9.90 Å². The summed E-state index contributed by atoms with van der Waals surface area (Å²) in [7, 11) is 1.87. The van der Waals surface area contributed by atoms with Gasteiger partial charge in [-0.25, -0.2) is 4.79 Å². The highest BCUT2D eigenvalue weighted by atomic mass is 35.5. The molecule has 0 aliphatic heterocycles. The Morgan fingerprint density at radius 2 is 2.31 bits per heavy atom. The van der Waals surface area contributed by atoms with Gasteiger partial charge in [-0.3, -0.25) is 0 Å². The molecule has 1 rings (SSSR count). The van der Waals surface area contributed by atoms with E-state index in [0.29, 0.717) is 5.56 Å². The number of rotatable bonds is 5. The normalized spacial score (nSPS) is 10.9. The zero-order valence-corrected chi connectivity index (χ0v) is 9.79. The van der Waals surface area contributed by atoms with Crippen LogP contribution in [0.3, 0.4) is 0 Å². The topological polar surface area (TPSA) is 49.3 Å². The Bertz CT molecular complexity index is 402. The molecule has 86 valence electrons. The molecule has 0 unspecified atom stereocenters. The van der Waals surface area contributed by atoms with Crippen molar-refractivity contribution in [1.29, 1.82) is 0 Å². The fraction of sp³-hybridized carbons (Fsp3) is 0.250. The number of hydrogen-bond acceptors (Lipinski definition) is 2. The van der Waals surface area contributed by atoms with Crippen molar-refractivity contribution in [1.82, 2.24) is 5.32 Å². The Labute approximate surface area is 99.7 Å². The number of benzene rings is 1. The fourth-order valence-corrected chi connectivity index (χ4v) is 1.61. The Morgan fingerprint density at radius 1 is 1.56 bits per heavy atom. The Balaban J connectivity index is 2.91. The van der Waals surface area contributed by atoms with Gasteiger partial charge in [-0.1, -0.05) is 35.9 Å². The molecule has 0 bridgehead atoms. The van der Waals surface area contributed by atoms with Crippen LogP contribution in [-0.4, -0.2) is 24.7 Å². The molecule has 1 aromatic carbocycles. The fourth-order valence-electron chi connectivity index (χ4n) is 1.34. The van der Waals surface area contributed by atoms with E-state index < -0.39 is 5.97 Å². The molecule has 3 nitrogen and oxygen atoms in total. The highest BCUT2D eigenvalue weighted by molar-refractivity contribution is 6.33. The van der Waals surface area contributed by atoms with Crippen molar-refractivity contribution in [2.45, 2.75) is 6.42 Å². The van der Waals surface area contributed by atoms with Gasteiger partial charge in [0.1, 0.15) is 0 Å². The quantitative estimate of drug-likeness (QED) is 0.777. The third kappa shape index (κ3) is 3.36. The van der Waals surface area contributed by atoms with E-state index in [4.69, 9.17) is 16.7 Å². The molecule has 0 aromatic heterocycles. The van der Waals surface area contributed by atoms with Crippen LogP contribution in [0.2, 0.25) is 5.02 Å². The third-order valence-corrected chi connectivity index (χ3v) is 2.43. The summed E-state index contributed by atoms with van der Waals surface area (Å²) >= 11 is 5.84. The molecule has 2 N–H and O–H groups in total. The number of aromatic carboxylic acids is 1. The second kappa shape index (κ2) is 6.30. The molecule has 0 saturated heterocycles. The number of carbonyl (C=O) groups is 1.